The Morgan fingerprint density at radius 2 is 1.80 bits per heavy atom. The summed E-state index contributed by atoms with van der Waals surface area (Å²) in [5, 5.41) is 25.3. The van der Waals surface area contributed by atoms with Crippen LogP contribution in [0.2, 0.25) is 0 Å². The van der Waals surface area contributed by atoms with Gasteiger partial charge in [-0.15, -0.1) is 5.10 Å². The molecule has 2 N–H and O–H groups in total. The molecule has 0 atom stereocenters. The molecule has 0 spiro atoms. The van der Waals surface area contributed by atoms with Crippen molar-refractivity contribution in [3.05, 3.63) is 46.8 Å². The standard InChI is InChI=1S/C13H13N3O4/c1-2-10-11(13(19)20)14-15-16(10)7-8-3-5-9(6-4-8)12(17)18/h3-6H,2,7H2,1H3,(H,17,18)(H,19,20). The molecule has 1 heterocycles. The van der Waals surface area contributed by atoms with Gasteiger partial charge in [-0.05, 0) is 24.1 Å². The van der Waals surface area contributed by atoms with Gasteiger partial charge in [-0.25, -0.2) is 14.3 Å². The maximum absolute atomic E-state index is 11.0. The van der Waals surface area contributed by atoms with Gasteiger partial charge >= 0.3 is 11.9 Å². The van der Waals surface area contributed by atoms with E-state index in [9.17, 15) is 9.59 Å². The van der Waals surface area contributed by atoms with Crippen molar-refractivity contribution >= 4 is 11.9 Å². The van der Waals surface area contributed by atoms with Crippen molar-refractivity contribution in [2.24, 2.45) is 0 Å². The molecule has 0 radical (unpaired) electrons. The number of hydrogen-bond donors (Lipinski definition) is 2. The summed E-state index contributed by atoms with van der Waals surface area (Å²) in [7, 11) is 0. The topological polar surface area (TPSA) is 105 Å². The van der Waals surface area contributed by atoms with E-state index >= 15 is 0 Å². The molecule has 7 nitrogen and oxygen atoms in total. The van der Waals surface area contributed by atoms with Gasteiger partial charge in [0.1, 0.15) is 0 Å². The minimum absolute atomic E-state index is 0.0466. The summed E-state index contributed by atoms with van der Waals surface area (Å²) in [6.45, 7) is 2.18. The molecule has 0 saturated heterocycles. The molecule has 1 aromatic carbocycles. The molecule has 0 amide bonds. The van der Waals surface area contributed by atoms with Crippen LogP contribution >= 0.6 is 0 Å². The summed E-state index contributed by atoms with van der Waals surface area (Å²) in [5.74, 6) is -2.09. The lowest BCUT2D eigenvalue weighted by Gasteiger charge is -2.05. The van der Waals surface area contributed by atoms with Gasteiger partial charge in [0.05, 0.1) is 17.8 Å². The van der Waals surface area contributed by atoms with Crippen LogP contribution in [0.4, 0.5) is 0 Å². The molecule has 7 heteroatoms. The molecule has 0 bridgehead atoms. The fourth-order valence-electron chi connectivity index (χ4n) is 1.90. The van der Waals surface area contributed by atoms with Crippen LogP contribution in [0.15, 0.2) is 24.3 Å². The molecule has 0 aliphatic carbocycles. The molecule has 1 aromatic heterocycles. The lowest BCUT2D eigenvalue weighted by Crippen LogP contribution is -2.08. The van der Waals surface area contributed by atoms with Crippen LogP contribution in [0.5, 0.6) is 0 Å². The van der Waals surface area contributed by atoms with Gasteiger partial charge in [0.15, 0.2) is 5.69 Å². The number of nitrogens with zero attached hydrogens (tertiary/aromatic N) is 3. The lowest BCUT2D eigenvalue weighted by molar-refractivity contribution is 0.0681. The lowest BCUT2D eigenvalue weighted by atomic mass is 10.1. The Bertz CT molecular complexity index is 646. The van der Waals surface area contributed by atoms with E-state index in [-0.39, 0.29) is 11.3 Å². The normalized spacial score (nSPS) is 10.4. The Labute approximate surface area is 114 Å². The highest BCUT2D eigenvalue weighted by atomic mass is 16.4. The first-order chi connectivity index (χ1) is 9.52. The number of carbonyl (C=O) groups is 2. The molecule has 0 aliphatic rings. The fraction of sp³-hybridized carbons (Fsp3) is 0.231. The fourth-order valence-corrected chi connectivity index (χ4v) is 1.90. The summed E-state index contributed by atoms with van der Waals surface area (Å²) < 4.78 is 1.51. The van der Waals surface area contributed by atoms with Gasteiger partial charge in [0.2, 0.25) is 0 Å². The number of carboxylic acids is 2. The quantitative estimate of drug-likeness (QED) is 0.851. The van der Waals surface area contributed by atoms with Crippen molar-refractivity contribution in [1.82, 2.24) is 15.0 Å². The number of benzene rings is 1. The second-order valence-electron chi connectivity index (χ2n) is 4.20. The van der Waals surface area contributed by atoms with Crippen LogP contribution in [-0.2, 0) is 13.0 Å². The van der Waals surface area contributed by atoms with Crippen molar-refractivity contribution in [3.8, 4) is 0 Å². The first-order valence-electron chi connectivity index (χ1n) is 6.00. The third-order valence-corrected chi connectivity index (χ3v) is 2.91. The van der Waals surface area contributed by atoms with Crippen molar-refractivity contribution in [2.45, 2.75) is 19.9 Å². The molecule has 20 heavy (non-hydrogen) atoms. The van der Waals surface area contributed by atoms with Crippen LogP contribution in [0, 0.1) is 0 Å². The largest absolute Gasteiger partial charge is 0.478 e. The Morgan fingerprint density at radius 3 is 2.30 bits per heavy atom. The molecule has 2 aromatic rings. The average molecular weight is 275 g/mol. The Hall–Kier alpha value is -2.70. The molecular formula is C13H13N3O4. The number of rotatable bonds is 5. The highest BCUT2D eigenvalue weighted by molar-refractivity contribution is 5.87. The highest BCUT2D eigenvalue weighted by Crippen LogP contribution is 2.11. The Kier molecular flexibility index (Phi) is 3.79. The first kappa shape index (κ1) is 13.7. The molecule has 0 aliphatic heterocycles. The average Bonchev–Trinajstić information content (AvgIpc) is 2.82. The monoisotopic (exact) mass is 275 g/mol. The molecule has 0 unspecified atom stereocenters. The van der Waals surface area contributed by atoms with Crippen molar-refractivity contribution in [1.29, 1.82) is 0 Å². The zero-order valence-corrected chi connectivity index (χ0v) is 10.8. The van der Waals surface area contributed by atoms with Gasteiger partial charge in [0.25, 0.3) is 0 Å². The zero-order chi connectivity index (χ0) is 14.7. The second kappa shape index (κ2) is 5.52. The van der Waals surface area contributed by atoms with Gasteiger partial charge in [-0.1, -0.05) is 24.3 Å². The minimum Gasteiger partial charge on any atom is -0.478 e. The van der Waals surface area contributed by atoms with Crippen molar-refractivity contribution in [2.75, 3.05) is 0 Å². The third-order valence-electron chi connectivity index (χ3n) is 2.91. The van der Waals surface area contributed by atoms with Crippen LogP contribution in [0.1, 0.15) is 39.0 Å². The maximum Gasteiger partial charge on any atom is 0.358 e. The molecule has 104 valence electrons. The van der Waals surface area contributed by atoms with Crippen LogP contribution in [0.3, 0.4) is 0 Å². The smallest absolute Gasteiger partial charge is 0.358 e. The second-order valence-corrected chi connectivity index (χ2v) is 4.20. The molecule has 0 fully saturated rings. The van der Waals surface area contributed by atoms with Crippen LogP contribution < -0.4 is 0 Å². The summed E-state index contributed by atoms with van der Waals surface area (Å²) >= 11 is 0. The number of carboxylic acid groups (broad SMARTS) is 2. The predicted octanol–water partition coefficient (Wildman–Crippen LogP) is 1.29. The van der Waals surface area contributed by atoms with Crippen LogP contribution in [0.25, 0.3) is 0 Å². The van der Waals surface area contributed by atoms with Gasteiger partial charge in [-0.2, -0.15) is 0 Å². The van der Waals surface area contributed by atoms with E-state index in [2.05, 4.69) is 10.3 Å². The Balaban J connectivity index is 2.26. The van der Waals surface area contributed by atoms with Crippen molar-refractivity contribution in [3.63, 3.8) is 0 Å². The SMILES string of the molecule is CCc1c(C(=O)O)nnn1Cc1ccc(C(=O)O)cc1. The summed E-state index contributed by atoms with van der Waals surface area (Å²) in [6.07, 6.45) is 0.502. The van der Waals surface area contributed by atoms with E-state index < -0.39 is 11.9 Å². The maximum atomic E-state index is 11.0. The van der Waals surface area contributed by atoms with E-state index in [1.165, 1.54) is 16.8 Å². The highest BCUT2D eigenvalue weighted by Gasteiger charge is 2.17. The minimum atomic E-state index is -1.10. The van der Waals surface area contributed by atoms with E-state index in [4.69, 9.17) is 10.2 Å². The number of aromatic carboxylic acids is 2. The van der Waals surface area contributed by atoms with E-state index in [0.29, 0.717) is 18.7 Å². The summed E-state index contributed by atoms with van der Waals surface area (Å²) in [5.41, 5.74) is 1.52. The summed E-state index contributed by atoms with van der Waals surface area (Å²) in [4.78, 5) is 21.7. The van der Waals surface area contributed by atoms with Gasteiger partial charge in [0, 0.05) is 0 Å². The number of hydrogen-bond acceptors (Lipinski definition) is 4. The van der Waals surface area contributed by atoms with Crippen molar-refractivity contribution < 1.29 is 19.8 Å². The predicted molar refractivity (Wildman–Crippen MR) is 68.9 cm³/mol. The van der Waals surface area contributed by atoms with E-state index in [1.807, 2.05) is 6.92 Å². The summed E-state index contributed by atoms with van der Waals surface area (Å²) in [6, 6.07) is 6.34. The van der Waals surface area contributed by atoms with Gasteiger partial charge in [-0.3, -0.25) is 0 Å². The van der Waals surface area contributed by atoms with Gasteiger partial charge < -0.3 is 10.2 Å². The first-order valence-corrected chi connectivity index (χ1v) is 6.00. The molecule has 2 rings (SSSR count). The number of aromatic nitrogens is 3. The van der Waals surface area contributed by atoms with Crippen LogP contribution in [-0.4, -0.2) is 37.1 Å². The third kappa shape index (κ3) is 2.66. The van der Waals surface area contributed by atoms with E-state index in [1.54, 1.807) is 12.1 Å². The molecule has 0 saturated carbocycles. The van der Waals surface area contributed by atoms with E-state index in [0.717, 1.165) is 5.56 Å². The zero-order valence-electron chi connectivity index (χ0n) is 10.8. The molecular weight excluding hydrogens is 262 g/mol. The Morgan fingerprint density at radius 1 is 1.15 bits per heavy atom.